The summed E-state index contributed by atoms with van der Waals surface area (Å²) in [7, 11) is 0. The average molecular weight is 371 g/mol. The van der Waals surface area contributed by atoms with Gasteiger partial charge in [-0.05, 0) is 42.1 Å². The molecule has 1 aromatic carbocycles. The Hall–Kier alpha value is -3.81. The lowest BCUT2D eigenvalue weighted by atomic mass is 10.1. The van der Waals surface area contributed by atoms with E-state index in [1.165, 1.54) is 6.08 Å². The van der Waals surface area contributed by atoms with Crippen molar-refractivity contribution < 1.29 is 14.0 Å². The van der Waals surface area contributed by atoms with Gasteiger partial charge >= 0.3 is 0 Å². The molecule has 0 spiro atoms. The molecule has 0 bridgehead atoms. The number of pyridine rings is 1. The van der Waals surface area contributed by atoms with Crippen molar-refractivity contribution >= 4 is 40.0 Å². The Morgan fingerprint density at radius 1 is 1.11 bits per heavy atom. The van der Waals surface area contributed by atoms with Crippen molar-refractivity contribution in [3.63, 3.8) is 0 Å². The molecule has 3 aromatic rings. The second-order valence-corrected chi connectivity index (χ2v) is 6.56. The summed E-state index contributed by atoms with van der Waals surface area (Å²) in [5.74, 6) is 6.02. The molecule has 1 aliphatic rings. The SMILES string of the molecule is N#Cc1ccc(C#Cc2cncc3cc(/C=C4\SC(=O)NC4=O)oc23)cc1. The molecular weight excluding hydrogens is 362 g/mol. The van der Waals surface area contributed by atoms with E-state index in [1.807, 2.05) is 0 Å². The molecule has 2 amide bonds. The largest absolute Gasteiger partial charge is 0.455 e. The topological polar surface area (TPSA) is 96.0 Å². The number of hydrogen-bond donors (Lipinski definition) is 1. The lowest BCUT2D eigenvalue weighted by molar-refractivity contribution is -0.115. The maximum Gasteiger partial charge on any atom is 0.290 e. The quantitative estimate of drug-likeness (QED) is 0.520. The number of fused-ring (bicyclic) bond motifs is 1. The van der Waals surface area contributed by atoms with Crippen molar-refractivity contribution in [3.8, 4) is 17.9 Å². The van der Waals surface area contributed by atoms with Crippen LogP contribution in [-0.4, -0.2) is 16.1 Å². The number of furan rings is 1. The number of amides is 2. The Morgan fingerprint density at radius 2 is 1.89 bits per heavy atom. The van der Waals surface area contributed by atoms with Gasteiger partial charge in [-0.3, -0.25) is 19.9 Å². The fraction of sp³-hybridized carbons (Fsp3) is 0. The van der Waals surface area contributed by atoms with Crippen LogP contribution in [0.2, 0.25) is 0 Å². The van der Waals surface area contributed by atoms with E-state index >= 15 is 0 Å². The molecule has 0 aliphatic carbocycles. The second kappa shape index (κ2) is 6.83. The predicted octanol–water partition coefficient (Wildman–Crippen LogP) is 3.42. The minimum atomic E-state index is -0.440. The number of nitrogens with one attached hydrogen (secondary N) is 1. The highest BCUT2D eigenvalue weighted by molar-refractivity contribution is 8.18. The molecule has 7 heteroatoms. The molecule has 128 valence electrons. The van der Waals surface area contributed by atoms with Gasteiger partial charge < -0.3 is 4.42 Å². The predicted molar refractivity (Wildman–Crippen MR) is 100 cm³/mol. The van der Waals surface area contributed by atoms with Gasteiger partial charge in [0.15, 0.2) is 5.58 Å². The zero-order chi connectivity index (χ0) is 18.8. The minimum Gasteiger partial charge on any atom is -0.455 e. The van der Waals surface area contributed by atoms with Gasteiger partial charge in [0.1, 0.15) is 5.76 Å². The molecular formula is C20H9N3O3S. The number of thioether (sulfide) groups is 1. The molecule has 27 heavy (non-hydrogen) atoms. The summed E-state index contributed by atoms with van der Waals surface area (Å²) in [6, 6.07) is 10.7. The number of rotatable bonds is 1. The normalized spacial score (nSPS) is 14.7. The Kier molecular flexibility index (Phi) is 4.21. The molecule has 0 unspecified atom stereocenters. The molecule has 1 saturated heterocycles. The smallest absolute Gasteiger partial charge is 0.290 e. The summed E-state index contributed by atoms with van der Waals surface area (Å²) in [6.07, 6.45) is 4.75. The van der Waals surface area contributed by atoms with Crippen LogP contribution >= 0.6 is 11.8 Å². The summed E-state index contributed by atoms with van der Waals surface area (Å²) in [5, 5.41) is 11.4. The fourth-order valence-electron chi connectivity index (χ4n) is 2.46. The third-order valence-electron chi connectivity index (χ3n) is 3.71. The maximum atomic E-state index is 11.7. The molecule has 1 aliphatic heterocycles. The molecule has 1 N–H and O–H groups in total. The van der Waals surface area contributed by atoms with E-state index in [0.717, 1.165) is 22.7 Å². The third kappa shape index (κ3) is 3.45. The summed E-state index contributed by atoms with van der Waals surface area (Å²) >= 11 is 0.828. The summed E-state index contributed by atoms with van der Waals surface area (Å²) in [5.41, 5.74) is 2.48. The van der Waals surface area contributed by atoms with E-state index < -0.39 is 11.1 Å². The van der Waals surface area contributed by atoms with Crippen molar-refractivity contribution in [3.05, 3.63) is 70.1 Å². The number of hydrogen-bond acceptors (Lipinski definition) is 6. The average Bonchev–Trinajstić information content (AvgIpc) is 3.22. The second-order valence-electron chi connectivity index (χ2n) is 5.55. The third-order valence-corrected chi connectivity index (χ3v) is 4.52. The van der Waals surface area contributed by atoms with Gasteiger partial charge in [-0.1, -0.05) is 11.8 Å². The van der Waals surface area contributed by atoms with E-state index in [9.17, 15) is 9.59 Å². The first-order valence-electron chi connectivity index (χ1n) is 7.77. The number of carbonyl (C=O) groups is 2. The highest BCUT2D eigenvalue weighted by Gasteiger charge is 2.25. The van der Waals surface area contributed by atoms with Crippen molar-refractivity contribution in [2.24, 2.45) is 0 Å². The number of nitrogens with zero attached hydrogens (tertiary/aromatic N) is 2. The number of nitriles is 1. The summed E-state index contributed by atoms with van der Waals surface area (Å²) in [6.45, 7) is 0. The van der Waals surface area contributed by atoms with Crippen LogP contribution < -0.4 is 5.32 Å². The molecule has 3 heterocycles. The van der Waals surface area contributed by atoms with Crippen LogP contribution in [0.5, 0.6) is 0 Å². The molecule has 1 fully saturated rings. The number of imide groups is 1. The Balaban J connectivity index is 1.69. The van der Waals surface area contributed by atoms with Crippen molar-refractivity contribution in [1.82, 2.24) is 10.3 Å². The first-order valence-corrected chi connectivity index (χ1v) is 8.58. The van der Waals surface area contributed by atoms with Gasteiger partial charge in [-0.15, -0.1) is 0 Å². The van der Waals surface area contributed by atoms with Crippen molar-refractivity contribution in [2.45, 2.75) is 0 Å². The Bertz CT molecular complexity index is 1220. The lowest BCUT2D eigenvalue weighted by Gasteiger charge is -1.93. The van der Waals surface area contributed by atoms with Crippen LogP contribution in [0.15, 0.2) is 52.0 Å². The molecule has 2 aromatic heterocycles. The highest BCUT2D eigenvalue weighted by Crippen LogP contribution is 2.28. The molecule has 6 nitrogen and oxygen atoms in total. The fourth-order valence-corrected chi connectivity index (χ4v) is 3.12. The van der Waals surface area contributed by atoms with Crippen LogP contribution in [0.25, 0.3) is 17.0 Å². The van der Waals surface area contributed by atoms with Crippen LogP contribution in [0.3, 0.4) is 0 Å². The highest BCUT2D eigenvalue weighted by atomic mass is 32.2. The van der Waals surface area contributed by atoms with E-state index in [1.54, 1.807) is 42.7 Å². The van der Waals surface area contributed by atoms with E-state index in [4.69, 9.17) is 9.68 Å². The summed E-state index contributed by atoms with van der Waals surface area (Å²) < 4.78 is 5.80. The maximum absolute atomic E-state index is 11.7. The lowest BCUT2D eigenvalue weighted by Crippen LogP contribution is -2.17. The van der Waals surface area contributed by atoms with Crippen molar-refractivity contribution in [2.75, 3.05) is 0 Å². The summed E-state index contributed by atoms with van der Waals surface area (Å²) in [4.78, 5) is 27.3. The molecule has 0 atom stereocenters. The van der Waals surface area contributed by atoms with Gasteiger partial charge in [0.2, 0.25) is 0 Å². The Morgan fingerprint density at radius 3 is 2.59 bits per heavy atom. The number of carbonyl (C=O) groups excluding carboxylic acids is 2. The van der Waals surface area contributed by atoms with Gasteiger partial charge in [0.25, 0.3) is 11.1 Å². The van der Waals surface area contributed by atoms with Crippen molar-refractivity contribution in [1.29, 1.82) is 5.26 Å². The van der Waals surface area contributed by atoms with E-state index in [-0.39, 0.29) is 4.91 Å². The molecule has 4 rings (SSSR count). The van der Waals surface area contributed by atoms with Crippen LogP contribution in [0.4, 0.5) is 4.79 Å². The standard InChI is InChI=1S/C20H9N3O3S/c21-9-13-3-1-12(2-4-13)5-6-14-10-22-11-15-7-16(26-18(14)15)8-17-19(24)23-20(25)27-17/h1-4,7-8,10-11H,(H,23,24,25)/b17-8-. The van der Waals surface area contributed by atoms with Gasteiger partial charge in [0, 0.05) is 29.4 Å². The van der Waals surface area contributed by atoms with Gasteiger partial charge in [-0.2, -0.15) is 5.26 Å². The first kappa shape index (κ1) is 16.6. The monoisotopic (exact) mass is 371 g/mol. The minimum absolute atomic E-state index is 0.275. The molecule has 0 saturated carbocycles. The Labute approximate surface area is 157 Å². The van der Waals surface area contributed by atoms with Gasteiger partial charge in [-0.25, -0.2) is 0 Å². The zero-order valence-corrected chi connectivity index (χ0v) is 14.5. The zero-order valence-electron chi connectivity index (χ0n) is 13.6. The van der Waals surface area contributed by atoms with E-state index in [2.05, 4.69) is 28.2 Å². The molecule has 0 radical (unpaired) electrons. The van der Waals surface area contributed by atoms with E-state index in [0.29, 0.717) is 22.5 Å². The van der Waals surface area contributed by atoms with Crippen LogP contribution in [0.1, 0.15) is 22.5 Å². The van der Waals surface area contributed by atoms with Gasteiger partial charge in [0.05, 0.1) is 22.1 Å². The first-order chi connectivity index (χ1) is 13.1. The van der Waals surface area contributed by atoms with Crippen LogP contribution in [0, 0.1) is 23.2 Å². The number of aromatic nitrogens is 1. The number of benzene rings is 1. The van der Waals surface area contributed by atoms with Crippen LogP contribution in [-0.2, 0) is 4.79 Å².